The molecule has 0 saturated carbocycles. The zero-order chi connectivity index (χ0) is 15.5. The summed E-state index contributed by atoms with van der Waals surface area (Å²) >= 11 is 0. The summed E-state index contributed by atoms with van der Waals surface area (Å²) in [4.78, 5) is 14.3. The van der Waals surface area contributed by atoms with E-state index in [2.05, 4.69) is 0 Å². The van der Waals surface area contributed by atoms with Crippen molar-refractivity contribution < 1.29 is 14.6 Å². The van der Waals surface area contributed by atoms with Crippen LogP contribution in [0.25, 0.3) is 0 Å². The van der Waals surface area contributed by atoms with Gasteiger partial charge in [-0.2, -0.15) is 5.26 Å². The van der Waals surface area contributed by atoms with Gasteiger partial charge in [-0.05, 0) is 51.0 Å². The fourth-order valence-corrected chi connectivity index (χ4v) is 2.39. The third kappa shape index (κ3) is 3.73. The molecule has 21 heavy (non-hydrogen) atoms. The van der Waals surface area contributed by atoms with E-state index in [1.54, 1.807) is 43.0 Å². The molecule has 2 rings (SSSR count). The maximum absolute atomic E-state index is 12.5. The van der Waals surface area contributed by atoms with E-state index in [0.717, 1.165) is 0 Å². The number of amides is 1. The molecular formula is C16H20N2O3. The first-order valence-electron chi connectivity index (χ1n) is 7.09. The molecule has 1 N–H and O–H groups in total. The van der Waals surface area contributed by atoms with Crippen molar-refractivity contribution in [1.29, 1.82) is 5.26 Å². The molecule has 0 bridgehead atoms. The van der Waals surface area contributed by atoms with Crippen LogP contribution in [0.5, 0.6) is 5.75 Å². The molecule has 1 saturated heterocycles. The Balaban J connectivity index is 2.02. The Labute approximate surface area is 124 Å². The zero-order valence-corrected chi connectivity index (χ0v) is 12.4. The van der Waals surface area contributed by atoms with E-state index in [0.29, 0.717) is 37.2 Å². The monoisotopic (exact) mass is 288 g/mol. The lowest BCUT2D eigenvalue weighted by atomic mass is 10.0. The number of nitrogens with zero attached hydrogens (tertiary/aromatic N) is 2. The van der Waals surface area contributed by atoms with E-state index in [1.807, 2.05) is 6.07 Å². The van der Waals surface area contributed by atoms with Crippen LogP contribution in [-0.2, 0) is 4.79 Å². The van der Waals surface area contributed by atoms with Gasteiger partial charge in [-0.15, -0.1) is 0 Å². The number of hydrogen-bond donors (Lipinski definition) is 1. The molecule has 0 atom stereocenters. The predicted molar refractivity (Wildman–Crippen MR) is 77.7 cm³/mol. The number of ether oxygens (including phenoxy) is 1. The van der Waals surface area contributed by atoms with Crippen molar-refractivity contribution in [2.24, 2.45) is 0 Å². The summed E-state index contributed by atoms with van der Waals surface area (Å²) in [5.74, 6) is 0.475. The number of piperidine rings is 1. The fraction of sp³-hybridized carbons (Fsp3) is 0.500. The maximum atomic E-state index is 12.5. The number of carbonyl (C=O) groups is 1. The summed E-state index contributed by atoms with van der Waals surface area (Å²) in [6.45, 7) is 4.58. The molecule has 0 spiro atoms. The van der Waals surface area contributed by atoms with Crippen LogP contribution in [-0.4, -0.2) is 40.7 Å². The second-order valence-electron chi connectivity index (χ2n) is 5.77. The lowest BCUT2D eigenvalue weighted by Crippen LogP contribution is -2.51. The van der Waals surface area contributed by atoms with Crippen LogP contribution in [0.4, 0.5) is 0 Å². The lowest BCUT2D eigenvalue weighted by Gasteiger charge is -2.35. The molecule has 0 aliphatic carbocycles. The molecule has 0 aromatic heterocycles. The minimum Gasteiger partial charge on any atom is -0.478 e. The normalized spacial score (nSPS) is 16.4. The summed E-state index contributed by atoms with van der Waals surface area (Å²) in [7, 11) is 0. The lowest BCUT2D eigenvalue weighted by molar-refractivity contribution is -0.147. The Kier molecular flexibility index (Phi) is 4.49. The van der Waals surface area contributed by atoms with Gasteiger partial charge < -0.3 is 14.7 Å². The summed E-state index contributed by atoms with van der Waals surface area (Å²) in [6.07, 6.45) is 0.911. The molecule has 0 unspecified atom stereocenters. The van der Waals surface area contributed by atoms with Gasteiger partial charge in [0.05, 0.1) is 17.7 Å². The smallest absolute Gasteiger partial charge is 0.266 e. The molecule has 1 aromatic rings. The minimum atomic E-state index is -0.976. The molecule has 1 fully saturated rings. The first-order chi connectivity index (χ1) is 9.92. The second kappa shape index (κ2) is 6.15. The van der Waals surface area contributed by atoms with Gasteiger partial charge in [0.15, 0.2) is 5.60 Å². The Hall–Kier alpha value is -2.06. The van der Waals surface area contributed by atoms with E-state index >= 15 is 0 Å². The standard InChI is InChI=1S/C16H20N2O3/c1-16(2,15(20)18-9-7-13(19)8-10-18)21-14-5-3-12(11-17)4-6-14/h3-6,13,19H,7-10H2,1-2H3. The quantitative estimate of drug-likeness (QED) is 0.918. The summed E-state index contributed by atoms with van der Waals surface area (Å²) < 4.78 is 5.78. The van der Waals surface area contributed by atoms with Gasteiger partial charge in [-0.1, -0.05) is 0 Å². The van der Waals surface area contributed by atoms with Crippen LogP contribution in [0, 0.1) is 11.3 Å². The molecule has 5 heteroatoms. The molecule has 1 amide bonds. The van der Waals surface area contributed by atoms with Crippen LogP contribution < -0.4 is 4.74 Å². The molecule has 1 aromatic carbocycles. The molecule has 1 aliphatic heterocycles. The third-order valence-electron chi connectivity index (χ3n) is 3.62. The Morgan fingerprint density at radius 3 is 2.43 bits per heavy atom. The highest BCUT2D eigenvalue weighted by atomic mass is 16.5. The summed E-state index contributed by atoms with van der Waals surface area (Å²) in [5.41, 5.74) is -0.423. The largest absolute Gasteiger partial charge is 0.478 e. The minimum absolute atomic E-state index is 0.0845. The van der Waals surface area contributed by atoms with Crippen molar-refractivity contribution in [2.75, 3.05) is 13.1 Å². The Morgan fingerprint density at radius 2 is 1.90 bits per heavy atom. The van der Waals surface area contributed by atoms with Gasteiger partial charge in [0.25, 0.3) is 5.91 Å². The van der Waals surface area contributed by atoms with Crippen molar-refractivity contribution >= 4 is 5.91 Å². The number of likely N-dealkylation sites (tertiary alicyclic amines) is 1. The predicted octanol–water partition coefficient (Wildman–Crippen LogP) is 1.70. The summed E-state index contributed by atoms with van der Waals surface area (Å²) in [5, 5.41) is 18.3. The molecule has 5 nitrogen and oxygen atoms in total. The highest BCUT2D eigenvalue weighted by molar-refractivity contribution is 5.84. The third-order valence-corrected chi connectivity index (χ3v) is 3.62. The summed E-state index contributed by atoms with van der Waals surface area (Å²) in [6, 6.07) is 8.74. The first-order valence-corrected chi connectivity index (χ1v) is 7.09. The second-order valence-corrected chi connectivity index (χ2v) is 5.77. The van der Waals surface area contributed by atoms with Crippen LogP contribution in [0.15, 0.2) is 24.3 Å². The van der Waals surface area contributed by atoms with Gasteiger partial charge >= 0.3 is 0 Å². The SMILES string of the molecule is CC(C)(Oc1ccc(C#N)cc1)C(=O)N1CCC(O)CC1. The van der Waals surface area contributed by atoms with E-state index < -0.39 is 5.60 Å². The number of hydrogen-bond acceptors (Lipinski definition) is 4. The number of aliphatic hydroxyl groups excluding tert-OH is 1. The van der Waals surface area contributed by atoms with Crippen LogP contribution in [0.2, 0.25) is 0 Å². The molecule has 1 aliphatic rings. The van der Waals surface area contributed by atoms with E-state index in [4.69, 9.17) is 10.00 Å². The van der Waals surface area contributed by atoms with Crippen molar-refractivity contribution in [2.45, 2.75) is 38.4 Å². The van der Waals surface area contributed by atoms with Gasteiger partial charge in [-0.3, -0.25) is 4.79 Å². The molecule has 1 heterocycles. The highest BCUT2D eigenvalue weighted by Crippen LogP contribution is 2.22. The van der Waals surface area contributed by atoms with Crippen molar-refractivity contribution in [3.05, 3.63) is 29.8 Å². The van der Waals surface area contributed by atoms with Crippen molar-refractivity contribution in [1.82, 2.24) is 4.90 Å². The average Bonchev–Trinajstić information content (AvgIpc) is 2.48. The molecule has 0 radical (unpaired) electrons. The maximum Gasteiger partial charge on any atom is 0.266 e. The zero-order valence-electron chi connectivity index (χ0n) is 12.4. The van der Waals surface area contributed by atoms with Gasteiger partial charge in [0, 0.05) is 13.1 Å². The number of rotatable bonds is 3. The number of benzene rings is 1. The van der Waals surface area contributed by atoms with Gasteiger partial charge in [0.2, 0.25) is 0 Å². The van der Waals surface area contributed by atoms with Crippen molar-refractivity contribution in [3.8, 4) is 11.8 Å². The van der Waals surface area contributed by atoms with Gasteiger partial charge in [-0.25, -0.2) is 0 Å². The Bertz CT molecular complexity index is 538. The van der Waals surface area contributed by atoms with E-state index in [1.165, 1.54) is 0 Å². The van der Waals surface area contributed by atoms with Crippen LogP contribution in [0.1, 0.15) is 32.3 Å². The van der Waals surface area contributed by atoms with Crippen molar-refractivity contribution in [3.63, 3.8) is 0 Å². The fourth-order valence-electron chi connectivity index (χ4n) is 2.39. The Morgan fingerprint density at radius 1 is 1.33 bits per heavy atom. The molecular weight excluding hydrogens is 268 g/mol. The number of aliphatic hydroxyl groups is 1. The topological polar surface area (TPSA) is 73.6 Å². The van der Waals surface area contributed by atoms with Gasteiger partial charge in [0.1, 0.15) is 5.75 Å². The average molecular weight is 288 g/mol. The van der Waals surface area contributed by atoms with Crippen LogP contribution >= 0.6 is 0 Å². The number of carbonyl (C=O) groups excluding carboxylic acids is 1. The first kappa shape index (κ1) is 15.3. The number of nitriles is 1. The highest BCUT2D eigenvalue weighted by Gasteiger charge is 2.35. The van der Waals surface area contributed by atoms with E-state index in [-0.39, 0.29) is 12.0 Å². The molecule has 112 valence electrons. The van der Waals surface area contributed by atoms with Crippen LogP contribution in [0.3, 0.4) is 0 Å². The van der Waals surface area contributed by atoms with E-state index in [9.17, 15) is 9.90 Å².